The average Bonchev–Trinajstić information content (AvgIpc) is 2.99. The summed E-state index contributed by atoms with van der Waals surface area (Å²) in [6.07, 6.45) is 3.17. The molecule has 0 spiro atoms. The Morgan fingerprint density at radius 2 is 1.88 bits per heavy atom. The van der Waals surface area contributed by atoms with Crippen LogP contribution < -0.4 is 0 Å². The van der Waals surface area contributed by atoms with E-state index in [2.05, 4.69) is 29.8 Å². The second-order valence-corrected chi connectivity index (χ2v) is 10.2. The molecule has 1 aliphatic heterocycles. The molecule has 0 radical (unpaired) electrons. The molecular weight excluding hydrogens is 400 g/mol. The number of aromatic nitrogens is 1. The van der Waals surface area contributed by atoms with Gasteiger partial charge in [-0.15, -0.1) is 0 Å². The minimum atomic E-state index is -3.62. The second kappa shape index (κ2) is 6.40. The lowest BCUT2D eigenvalue weighted by atomic mass is 9.81. The topological polar surface area (TPSA) is 51.4 Å². The number of aliphatic imine (C=N–C) groups is 1. The van der Waals surface area contributed by atoms with E-state index in [1.807, 2.05) is 32.0 Å². The molecule has 1 atom stereocenters. The van der Waals surface area contributed by atoms with Crippen LogP contribution in [0, 0.1) is 12.3 Å². The molecule has 3 rings (SSSR count). The molecule has 0 aliphatic carbocycles. The fourth-order valence-corrected chi connectivity index (χ4v) is 5.44. The highest BCUT2D eigenvalue weighted by atomic mass is 79.9. The van der Waals surface area contributed by atoms with Crippen LogP contribution in [0.1, 0.15) is 38.4 Å². The molecule has 4 nitrogen and oxygen atoms in total. The second-order valence-electron chi connectivity index (χ2n) is 7.51. The molecule has 0 fully saturated rings. The fourth-order valence-electron chi connectivity index (χ4n) is 3.44. The number of halogens is 1. The number of nitrogens with zero attached hydrogens (tertiary/aromatic N) is 2. The van der Waals surface area contributed by atoms with Gasteiger partial charge in [-0.25, -0.2) is 12.4 Å². The van der Waals surface area contributed by atoms with E-state index in [-0.39, 0.29) is 11.5 Å². The van der Waals surface area contributed by atoms with E-state index in [1.54, 1.807) is 18.3 Å². The third kappa shape index (κ3) is 3.60. The van der Waals surface area contributed by atoms with E-state index < -0.39 is 10.0 Å². The summed E-state index contributed by atoms with van der Waals surface area (Å²) in [5, 5.41) is 0. The Kier molecular flexibility index (Phi) is 4.71. The van der Waals surface area contributed by atoms with E-state index in [0.29, 0.717) is 11.3 Å². The van der Waals surface area contributed by atoms with Gasteiger partial charge in [0, 0.05) is 28.5 Å². The Morgan fingerprint density at radius 1 is 1.24 bits per heavy atom. The molecule has 25 heavy (non-hydrogen) atoms. The largest absolute Gasteiger partial charge is 0.290 e. The van der Waals surface area contributed by atoms with Crippen molar-refractivity contribution >= 4 is 31.7 Å². The van der Waals surface area contributed by atoms with Crippen LogP contribution in [-0.2, 0) is 16.4 Å². The van der Waals surface area contributed by atoms with Crippen LogP contribution in [0.4, 0.5) is 0 Å². The fraction of sp³-hybridized carbons (Fsp3) is 0.421. The molecule has 2 heterocycles. The van der Waals surface area contributed by atoms with Crippen LogP contribution >= 0.6 is 15.9 Å². The van der Waals surface area contributed by atoms with Crippen molar-refractivity contribution in [2.75, 3.05) is 0 Å². The van der Waals surface area contributed by atoms with Crippen LogP contribution in [0.15, 0.2) is 50.9 Å². The first-order chi connectivity index (χ1) is 11.6. The number of hydrogen-bond donors (Lipinski definition) is 0. The molecule has 1 unspecified atom stereocenters. The molecule has 0 saturated heterocycles. The van der Waals surface area contributed by atoms with Crippen LogP contribution in [0.2, 0.25) is 0 Å². The molecule has 134 valence electrons. The maximum Gasteiger partial charge on any atom is 0.267 e. The first-order valence-electron chi connectivity index (χ1n) is 8.32. The van der Waals surface area contributed by atoms with Crippen LogP contribution in [-0.4, -0.2) is 24.1 Å². The van der Waals surface area contributed by atoms with E-state index in [1.165, 1.54) is 3.97 Å². The third-order valence-corrected chi connectivity index (χ3v) is 6.96. The van der Waals surface area contributed by atoms with Crippen molar-refractivity contribution in [2.24, 2.45) is 10.4 Å². The maximum absolute atomic E-state index is 13.1. The summed E-state index contributed by atoms with van der Waals surface area (Å²) in [5.41, 5.74) is 2.96. The zero-order chi connectivity index (χ0) is 18.4. The highest BCUT2D eigenvalue weighted by molar-refractivity contribution is 9.10. The minimum Gasteiger partial charge on any atom is -0.290 e. The summed E-state index contributed by atoms with van der Waals surface area (Å²) < 4.78 is 28.3. The molecular formula is C19H23BrN2O2S. The summed E-state index contributed by atoms with van der Waals surface area (Å²) in [6.45, 7) is 8.36. The van der Waals surface area contributed by atoms with Crippen molar-refractivity contribution in [3.8, 4) is 0 Å². The molecule has 0 N–H and O–H groups in total. The van der Waals surface area contributed by atoms with Gasteiger partial charge in [-0.1, -0.05) is 31.5 Å². The molecule has 6 heteroatoms. The Morgan fingerprint density at radius 3 is 2.44 bits per heavy atom. The Hall–Kier alpha value is -1.40. The van der Waals surface area contributed by atoms with Crippen molar-refractivity contribution in [2.45, 2.75) is 51.5 Å². The summed E-state index contributed by atoms with van der Waals surface area (Å²) in [5.74, 6) is 0. The van der Waals surface area contributed by atoms with Gasteiger partial charge in [-0.3, -0.25) is 4.99 Å². The SMILES string of the molecule is CC1=NC(Cc2cc(Br)cn2S(=O)(=O)c2ccc(C)cc2)C(C)(C)C1. The van der Waals surface area contributed by atoms with E-state index in [9.17, 15) is 8.42 Å². The van der Waals surface area contributed by atoms with Crippen LogP contribution in [0.5, 0.6) is 0 Å². The van der Waals surface area contributed by atoms with Gasteiger partial charge in [0.25, 0.3) is 10.0 Å². The van der Waals surface area contributed by atoms with Crippen molar-refractivity contribution in [3.05, 3.63) is 52.3 Å². The lowest BCUT2D eigenvalue weighted by molar-refractivity contribution is 0.320. The van der Waals surface area contributed by atoms with Gasteiger partial charge >= 0.3 is 0 Å². The summed E-state index contributed by atoms with van der Waals surface area (Å²) >= 11 is 3.43. The number of hydrogen-bond acceptors (Lipinski definition) is 3. The molecule has 0 amide bonds. The minimum absolute atomic E-state index is 0.0410. The molecule has 0 saturated carbocycles. The predicted octanol–water partition coefficient (Wildman–Crippen LogP) is 4.60. The van der Waals surface area contributed by atoms with Crippen LogP contribution in [0.3, 0.4) is 0 Å². The quantitative estimate of drug-likeness (QED) is 0.722. The van der Waals surface area contributed by atoms with Crippen LogP contribution in [0.25, 0.3) is 0 Å². The van der Waals surface area contributed by atoms with Gasteiger partial charge in [0.05, 0.1) is 10.9 Å². The highest BCUT2D eigenvalue weighted by Crippen LogP contribution is 2.37. The van der Waals surface area contributed by atoms with Gasteiger partial charge in [0.15, 0.2) is 0 Å². The van der Waals surface area contributed by atoms with Crippen molar-refractivity contribution in [1.29, 1.82) is 0 Å². The van der Waals surface area contributed by atoms with Crippen molar-refractivity contribution < 1.29 is 8.42 Å². The van der Waals surface area contributed by atoms with E-state index in [4.69, 9.17) is 4.99 Å². The highest BCUT2D eigenvalue weighted by Gasteiger charge is 2.36. The smallest absolute Gasteiger partial charge is 0.267 e. The summed E-state index contributed by atoms with van der Waals surface area (Å²) in [7, 11) is -3.62. The summed E-state index contributed by atoms with van der Waals surface area (Å²) in [4.78, 5) is 5.05. The zero-order valence-electron chi connectivity index (χ0n) is 15.0. The zero-order valence-corrected chi connectivity index (χ0v) is 17.4. The van der Waals surface area contributed by atoms with Gasteiger partial charge < -0.3 is 0 Å². The maximum atomic E-state index is 13.1. The molecule has 1 aromatic heterocycles. The Balaban J connectivity index is 2.00. The first kappa shape index (κ1) is 18.4. The number of benzene rings is 1. The molecule has 1 aromatic carbocycles. The monoisotopic (exact) mass is 422 g/mol. The Labute approximate surface area is 158 Å². The van der Waals surface area contributed by atoms with Crippen molar-refractivity contribution in [1.82, 2.24) is 3.97 Å². The Bertz CT molecular complexity index is 925. The van der Waals surface area contributed by atoms with E-state index >= 15 is 0 Å². The first-order valence-corrected chi connectivity index (χ1v) is 10.6. The van der Waals surface area contributed by atoms with Crippen molar-refractivity contribution in [3.63, 3.8) is 0 Å². The normalized spacial score (nSPS) is 19.9. The molecule has 2 aromatic rings. The standard InChI is InChI=1S/C19H23BrN2O2S/c1-13-5-7-17(8-6-13)25(23,24)22-12-15(20)9-16(22)10-18-19(3,4)11-14(2)21-18/h5-9,12,18H,10-11H2,1-4H3. The number of rotatable bonds is 4. The van der Waals surface area contributed by atoms with Gasteiger partial charge in [0.2, 0.25) is 0 Å². The lowest BCUT2D eigenvalue weighted by Gasteiger charge is -2.25. The summed E-state index contributed by atoms with van der Waals surface area (Å²) in [6, 6.07) is 8.91. The van der Waals surface area contributed by atoms with E-state index in [0.717, 1.165) is 27.9 Å². The van der Waals surface area contributed by atoms with Gasteiger partial charge in [-0.2, -0.15) is 0 Å². The third-order valence-electron chi connectivity index (χ3n) is 4.80. The predicted molar refractivity (Wildman–Crippen MR) is 105 cm³/mol. The molecule has 1 aliphatic rings. The number of aryl methyl sites for hydroxylation is 1. The van der Waals surface area contributed by atoms with Gasteiger partial charge in [0.1, 0.15) is 0 Å². The van der Waals surface area contributed by atoms with Gasteiger partial charge in [-0.05, 0) is 59.8 Å². The molecule has 0 bridgehead atoms. The lowest BCUT2D eigenvalue weighted by Crippen LogP contribution is -2.27. The average molecular weight is 423 g/mol.